The van der Waals surface area contributed by atoms with Crippen LogP contribution in [0.4, 0.5) is 8.78 Å². The highest BCUT2D eigenvalue weighted by Crippen LogP contribution is 2.33. The van der Waals surface area contributed by atoms with Gasteiger partial charge < -0.3 is 0 Å². The molecule has 0 unspecified atom stereocenters. The fourth-order valence-corrected chi connectivity index (χ4v) is 2.48. The summed E-state index contributed by atoms with van der Waals surface area (Å²) in [6.07, 6.45) is -2.57. The van der Waals surface area contributed by atoms with Crippen LogP contribution in [-0.4, -0.2) is 4.98 Å². The maximum atomic E-state index is 13.3. The molecule has 0 aliphatic carbocycles. The molecule has 0 saturated heterocycles. The summed E-state index contributed by atoms with van der Waals surface area (Å²) in [6, 6.07) is 13.2. The van der Waals surface area contributed by atoms with Crippen molar-refractivity contribution in [1.82, 2.24) is 4.98 Å². The van der Waals surface area contributed by atoms with E-state index in [-0.39, 0.29) is 5.56 Å². The molecule has 0 radical (unpaired) electrons. The Labute approximate surface area is 130 Å². The zero-order valence-corrected chi connectivity index (χ0v) is 12.2. The van der Waals surface area contributed by atoms with Crippen LogP contribution < -0.4 is 0 Å². The van der Waals surface area contributed by atoms with Crippen molar-refractivity contribution < 1.29 is 8.78 Å². The molecule has 1 aromatic heterocycles. The van der Waals surface area contributed by atoms with Crippen LogP contribution in [0.2, 0.25) is 10.0 Å². The molecule has 0 bridgehead atoms. The number of alkyl halides is 2. The van der Waals surface area contributed by atoms with Gasteiger partial charge in [-0.05, 0) is 24.3 Å². The summed E-state index contributed by atoms with van der Waals surface area (Å²) < 4.78 is 26.5. The first kappa shape index (κ1) is 14.2. The highest BCUT2D eigenvalue weighted by atomic mass is 35.5. The molecule has 0 N–H and O–H groups in total. The van der Waals surface area contributed by atoms with E-state index in [1.54, 1.807) is 42.5 Å². The number of halogens is 4. The SMILES string of the molecule is FC(F)c1cc(-c2ccc(Cl)c(Cl)c2)nc2ccccc12. The van der Waals surface area contributed by atoms with Crippen molar-refractivity contribution in [3.63, 3.8) is 0 Å². The number of fused-ring (bicyclic) bond motifs is 1. The molecule has 0 spiro atoms. The second-order valence-corrected chi connectivity index (χ2v) is 5.36. The van der Waals surface area contributed by atoms with Gasteiger partial charge in [0, 0.05) is 16.5 Å². The normalized spacial score (nSPS) is 11.3. The van der Waals surface area contributed by atoms with Crippen LogP contribution >= 0.6 is 23.2 Å². The lowest BCUT2D eigenvalue weighted by Gasteiger charge is -2.09. The molecule has 1 heterocycles. The summed E-state index contributed by atoms with van der Waals surface area (Å²) in [6.45, 7) is 0. The topological polar surface area (TPSA) is 12.9 Å². The van der Waals surface area contributed by atoms with Crippen LogP contribution in [0.25, 0.3) is 22.2 Å². The predicted molar refractivity (Wildman–Crippen MR) is 82.2 cm³/mol. The largest absolute Gasteiger partial charge is 0.264 e. The monoisotopic (exact) mass is 323 g/mol. The lowest BCUT2D eigenvalue weighted by Crippen LogP contribution is -1.93. The first-order chi connectivity index (χ1) is 10.1. The van der Waals surface area contributed by atoms with Gasteiger partial charge in [0.05, 0.1) is 21.3 Å². The zero-order chi connectivity index (χ0) is 15.0. The fraction of sp³-hybridized carbons (Fsp3) is 0.0625. The van der Waals surface area contributed by atoms with E-state index in [1.807, 2.05) is 0 Å². The van der Waals surface area contributed by atoms with Gasteiger partial charge in [0.25, 0.3) is 6.43 Å². The van der Waals surface area contributed by atoms with Gasteiger partial charge in [-0.2, -0.15) is 0 Å². The van der Waals surface area contributed by atoms with Crippen molar-refractivity contribution in [2.45, 2.75) is 6.43 Å². The molecular formula is C16H9Cl2F2N. The standard InChI is InChI=1S/C16H9Cl2F2N/c17-12-6-5-9(7-13(12)18)15-8-11(16(19)20)10-3-1-2-4-14(10)21-15/h1-8,16H. The second-order valence-electron chi connectivity index (χ2n) is 4.54. The Balaban J connectivity index is 2.25. The third-order valence-corrected chi connectivity index (χ3v) is 3.94. The number of benzene rings is 2. The molecule has 3 rings (SSSR count). The van der Waals surface area contributed by atoms with Crippen LogP contribution in [-0.2, 0) is 0 Å². The van der Waals surface area contributed by atoms with Gasteiger partial charge in [0.1, 0.15) is 0 Å². The Morgan fingerprint density at radius 2 is 1.67 bits per heavy atom. The number of nitrogens with zero attached hydrogens (tertiary/aromatic N) is 1. The van der Waals surface area contributed by atoms with E-state index in [0.29, 0.717) is 32.2 Å². The third-order valence-electron chi connectivity index (χ3n) is 3.20. The highest BCUT2D eigenvalue weighted by Gasteiger charge is 2.15. The van der Waals surface area contributed by atoms with E-state index in [4.69, 9.17) is 23.2 Å². The van der Waals surface area contributed by atoms with Gasteiger partial charge in [-0.25, -0.2) is 13.8 Å². The molecular weight excluding hydrogens is 315 g/mol. The van der Waals surface area contributed by atoms with E-state index >= 15 is 0 Å². The van der Waals surface area contributed by atoms with Crippen molar-refractivity contribution in [3.8, 4) is 11.3 Å². The van der Waals surface area contributed by atoms with Gasteiger partial charge in [-0.15, -0.1) is 0 Å². The summed E-state index contributed by atoms with van der Waals surface area (Å²) >= 11 is 11.8. The van der Waals surface area contributed by atoms with Crippen molar-refractivity contribution in [3.05, 3.63) is 64.1 Å². The van der Waals surface area contributed by atoms with Crippen LogP contribution in [0, 0.1) is 0 Å². The van der Waals surface area contributed by atoms with Crippen molar-refractivity contribution in [1.29, 1.82) is 0 Å². The van der Waals surface area contributed by atoms with Crippen LogP contribution in [0.1, 0.15) is 12.0 Å². The number of aromatic nitrogens is 1. The average Bonchev–Trinajstić information content (AvgIpc) is 2.48. The lowest BCUT2D eigenvalue weighted by molar-refractivity contribution is 0.153. The average molecular weight is 324 g/mol. The molecule has 0 aliphatic heterocycles. The second kappa shape index (κ2) is 5.58. The fourth-order valence-electron chi connectivity index (χ4n) is 2.19. The maximum absolute atomic E-state index is 13.3. The third kappa shape index (κ3) is 2.71. The molecule has 0 atom stereocenters. The minimum atomic E-state index is -2.57. The summed E-state index contributed by atoms with van der Waals surface area (Å²) in [5.41, 5.74) is 1.58. The molecule has 5 heteroatoms. The maximum Gasteiger partial charge on any atom is 0.264 e. The lowest BCUT2D eigenvalue weighted by atomic mass is 10.0. The van der Waals surface area contributed by atoms with Gasteiger partial charge in [-0.3, -0.25) is 0 Å². The van der Waals surface area contributed by atoms with Crippen LogP contribution in [0.5, 0.6) is 0 Å². The molecule has 3 aromatic rings. The molecule has 0 saturated carbocycles. The zero-order valence-electron chi connectivity index (χ0n) is 10.7. The smallest absolute Gasteiger partial charge is 0.248 e. The predicted octanol–water partition coefficient (Wildman–Crippen LogP) is 6.15. The van der Waals surface area contributed by atoms with Gasteiger partial charge in [0.2, 0.25) is 0 Å². The molecule has 21 heavy (non-hydrogen) atoms. The molecule has 0 fully saturated rings. The van der Waals surface area contributed by atoms with Crippen LogP contribution in [0.3, 0.4) is 0 Å². The van der Waals surface area contributed by atoms with E-state index in [9.17, 15) is 8.78 Å². The summed E-state index contributed by atoms with van der Waals surface area (Å²) in [5.74, 6) is 0. The van der Waals surface area contributed by atoms with Crippen LogP contribution in [0.15, 0.2) is 48.5 Å². The summed E-state index contributed by atoms with van der Waals surface area (Å²) in [5, 5.41) is 1.23. The number of hydrogen-bond acceptors (Lipinski definition) is 1. The first-order valence-corrected chi connectivity index (χ1v) is 6.95. The molecule has 0 amide bonds. The van der Waals surface area contributed by atoms with Gasteiger partial charge in [-0.1, -0.05) is 47.5 Å². The van der Waals surface area contributed by atoms with Crippen molar-refractivity contribution in [2.24, 2.45) is 0 Å². The number of para-hydroxylation sites is 1. The van der Waals surface area contributed by atoms with Gasteiger partial charge in [0.15, 0.2) is 0 Å². The number of hydrogen-bond donors (Lipinski definition) is 0. The van der Waals surface area contributed by atoms with E-state index in [0.717, 1.165) is 0 Å². The van der Waals surface area contributed by atoms with E-state index in [2.05, 4.69) is 4.98 Å². The minimum Gasteiger partial charge on any atom is -0.248 e. The summed E-state index contributed by atoms with van der Waals surface area (Å²) in [7, 11) is 0. The van der Waals surface area contributed by atoms with Crippen molar-refractivity contribution >= 4 is 34.1 Å². The minimum absolute atomic E-state index is 0.0401. The molecule has 1 nitrogen and oxygen atoms in total. The Kier molecular flexibility index (Phi) is 3.79. The summed E-state index contributed by atoms with van der Waals surface area (Å²) in [4.78, 5) is 4.42. The van der Waals surface area contributed by atoms with E-state index < -0.39 is 6.43 Å². The van der Waals surface area contributed by atoms with E-state index in [1.165, 1.54) is 6.07 Å². The Bertz CT molecular complexity index is 818. The quantitative estimate of drug-likeness (QED) is 0.551. The number of pyridine rings is 1. The Morgan fingerprint density at radius 1 is 0.905 bits per heavy atom. The molecule has 2 aromatic carbocycles. The Morgan fingerprint density at radius 3 is 2.38 bits per heavy atom. The molecule has 106 valence electrons. The number of rotatable bonds is 2. The van der Waals surface area contributed by atoms with Gasteiger partial charge >= 0.3 is 0 Å². The first-order valence-electron chi connectivity index (χ1n) is 6.19. The van der Waals surface area contributed by atoms with Crippen molar-refractivity contribution in [2.75, 3.05) is 0 Å². The molecule has 0 aliphatic rings. The highest BCUT2D eigenvalue weighted by molar-refractivity contribution is 6.42. The Hall–Kier alpha value is -1.71.